The number of hydrogen-bond acceptors (Lipinski definition) is 7. The van der Waals surface area contributed by atoms with Crippen LogP contribution in [-0.4, -0.2) is 43.8 Å². The summed E-state index contributed by atoms with van der Waals surface area (Å²) in [6.45, 7) is 11.7. The molecule has 0 spiro atoms. The van der Waals surface area contributed by atoms with Crippen LogP contribution in [0.3, 0.4) is 0 Å². The van der Waals surface area contributed by atoms with Crippen LogP contribution >= 0.6 is 0 Å². The van der Waals surface area contributed by atoms with Crippen molar-refractivity contribution >= 4 is 11.7 Å². The number of nitrogens with two attached hydrogens (primary N) is 1. The van der Waals surface area contributed by atoms with E-state index in [9.17, 15) is 9.90 Å². The highest BCUT2D eigenvalue weighted by Gasteiger charge is 2.45. The third kappa shape index (κ3) is 6.14. The summed E-state index contributed by atoms with van der Waals surface area (Å²) in [6, 6.07) is 15.1. The fourth-order valence-corrected chi connectivity index (χ4v) is 3.88. The molecule has 35 heavy (non-hydrogen) atoms. The average Bonchev–Trinajstić information content (AvgIpc) is 3.24. The first-order chi connectivity index (χ1) is 16.7. The number of cyclic esters (lactones) is 1. The number of oxime groups is 1. The smallest absolute Gasteiger partial charge is 0.341 e. The molecule has 0 aromatic heterocycles. The lowest BCUT2D eigenvalue weighted by atomic mass is 9.83. The van der Waals surface area contributed by atoms with Gasteiger partial charge in [-0.3, -0.25) is 0 Å². The van der Waals surface area contributed by atoms with E-state index < -0.39 is 29.7 Å². The minimum absolute atomic E-state index is 0.202. The number of benzene rings is 2. The van der Waals surface area contributed by atoms with Crippen LogP contribution in [0.25, 0.3) is 0 Å². The molecule has 2 atom stereocenters. The first-order valence-corrected chi connectivity index (χ1v) is 11.8. The Labute approximate surface area is 206 Å². The molecule has 2 aliphatic heterocycles. The van der Waals surface area contributed by atoms with Gasteiger partial charge < -0.3 is 29.5 Å². The summed E-state index contributed by atoms with van der Waals surface area (Å²) in [6.07, 6.45) is -0.957. The van der Waals surface area contributed by atoms with E-state index in [1.165, 1.54) is 26.9 Å². The Morgan fingerprint density at radius 3 is 2.17 bits per heavy atom. The maximum atomic E-state index is 12.7. The molecule has 2 aliphatic rings. The SMILES string of the molecule is CC[NH2+]CC.COc1ccc(C2=NOC(C3=C([O-])OC(C)(C)OC3=O)C2c2ccc(C)cc2)cc1. The van der Waals surface area contributed by atoms with Gasteiger partial charge >= 0.3 is 5.97 Å². The van der Waals surface area contributed by atoms with Crippen LogP contribution < -0.4 is 15.2 Å². The summed E-state index contributed by atoms with van der Waals surface area (Å²) in [5, 5.41) is 19.2. The van der Waals surface area contributed by atoms with E-state index in [-0.39, 0.29) is 5.57 Å². The average molecular weight is 483 g/mol. The second kappa shape index (κ2) is 11.3. The minimum Gasteiger partial charge on any atom is -0.575 e. The van der Waals surface area contributed by atoms with Crippen LogP contribution in [0.15, 0.2) is 65.2 Å². The molecule has 2 aromatic rings. The topological polar surface area (TPSA) is 106 Å². The van der Waals surface area contributed by atoms with Gasteiger partial charge in [0.1, 0.15) is 11.3 Å². The second-order valence-corrected chi connectivity index (χ2v) is 8.82. The number of carbonyl (C=O) groups excluding carboxylic acids is 1. The zero-order valence-corrected chi connectivity index (χ0v) is 21.2. The lowest BCUT2D eigenvalue weighted by molar-refractivity contribution is -0.648. The van der Waals surface area contributed by atoms with Gasteiger partial charge in [0.25, 0.3) is 0 Å². The maximum Gasteiger partial charge on any atom is 0.341 e. The number of rotatable bonds is 6. The Balaban J connectivity index is 0.000000623. The van der Waals surface area contributed by atoms with Crippen molar-refractivity contribution < 1.29 is 34.3 Å². The molecule has 8 heteroatoms. The number of hydrogen-bond donors (Lipinski definition) is 1. The summed E-state index contributed by atoms with van der Waals surface area (Å²) in [5.74, 6) is -2.63. The van der Waals surface area contributed by atoms with E-state index in [4.69, 9.17) is 19.0 Å². The van der Waals surface area contributed by atoms with Crippen molar-refractivity contribution in [1.29, 1.82) is 0 Å². The van der Waals surface area contributed by atoms with Gasteiger partial charge in [0.2, 0.25) is 0 Å². The number of carbonyl (C=O) groups is 1. The quantitative estimate of drug-likeness (QED) is 0.634. The Kier molecular flexibility index (Phi) is 8.40. The lowest BCUT2D eigenvalue weighted by Crippen LogP contribution is -2.82. The highest BCUT2D eigenvalue weighted by molar-refractivity contribution is 6.07. The van der Waals surface area contributed by atoms with Crippen LogP contribution in [0.1, 0.15) is 50.3 Å². The van der Waals surface area contributed by atoms with Crippen LogP contribution in [-0.2, 0) is 19.1 Å². The van der Waals surface area contributed by atoms with E-state index in [0.717, 1.165) is 16.7 Å². The molecule has 2 heterocycles. The van der Waals surface area contributed by atoms with Crippen molar-refractivity contribution in [2.24, 2.45) is 5.16 Å². The van der Waals surface area contributed by atoms with Gasteiger partial charge in [-0.25, -0.2) is 4.79 Å². The summed E-state index contributed by atoms with van der Waals surface area (Å²) in [7, 11) is 1.59. The fourth-order valence-electron chi connectivity index (χ4n) is 3.88. The Hall–Kier alpha value is -3.52. The molecule has 8 nitrogen and oxygen atoms in total. The van der Waals surface area contributed by atoms with Crippen LogP contribution in [0.4, 0.5) is 0 Å². The normalized spacial score (nSPS) is 20.6. The largest absolute Gasteiger partial charge is 0.575 e. The predicted molar refractivity (Wildman–Crippen MR) is 130 cm³/mol. The Morgan fingerprint density at radius 2 is 1.66 bits per heavy atom. The van der Waals surface area contributed by atoms with Gasteiger partial charge in [0.05, 0.1) is 37.8 Å². The number of quaternary nitrogens is 1. The first-order valence-electron chi connectivity index (χ1n) is 11.8. The molecule has 0 bridgehead atoms. The highest BCUT2D eigenvalue weighted by atomic mass is 16.8. The summed E-state index contributed by atoms with van der Waals surface area (Å²) in [5.41, 5.74) is 3.14. The third-order valence-electron chi connectivity index (χ3n) is 5.66. The summed E-state index contributed by atoms with van der Waals surface area (Å²) in [4.78, 5) is 18.3. The lowest BCUT2D eigenvalue weighted by Gasteiger charge is -2.40. The number of nitrogens with zero attached hydrogens (tertiary/aromatic N) is 1. The number of methoxy groups -OCH3 is 1. The van der Waals surface area contributed by atoms with E-state index in [2.05, 4.69) is 24.3 Å². The van der Waals surface area contributed by atoms with Gasteiger partial charge in [-0.05, 0) is 64.4 Å². The molecule has 2 aromatic carbocycles. The Bertz CT molecular complexity index is 1070. The van der Waals surface area contributed by atoms with Crippen molar-refractivity contribution in [1.82, 2.24) is 0 Å². The molecule has 0 aliphatic carbocycles. The number of esters is 1. The van der Waals surface area contributed by atoms with Gasteiger partial charge in [-0.15, -0.1) is 0 Å². The highest BCUT2D eigenvalue weighted by Crippen LogP contribution is 2.39. The zero-order valence-electron chi connectivity index (χ0n) is 21.2. The number of aryl methyl sites for hydroxylation is 1. The minimum atomic E-state index is -1.32. The molecule has 0 fully saturated rings. The van der Waals surface area contributed by atoms with Crippen molar-refractivity contribution in [3.8, 4) is 5.75 Å². The monoisotopic (exact) mass is 482 g/mol. The van der Waals surface area contributed by atoms with Gasteiger partial charge in [0.15, 0.2) is 11.9 Å². The molecule has 4 rings (SSSR count). The molecular formula is C27H34N2O6. The van der Waals surface area contributed by atoms with Gasteiger partial charge in [0, 0.05) is 5.56 Å². The van der Waals surface area contributed by atoms with Crippen LogP contribution in [0.2, 0.25) is 0 Å². The molecule has 2 N–H and O–H groups in total. The predicted octanol–water partition coefficient (Wildman–Crippen LogP) is 2.36. The summed E-state index contributed by atoms with van der Waals surface area (Å²) < 4.78 is 15.8. The standard InChI is InChI=1S/C23H23NO6.C4H11N/c1-13-5-7-14(8-6-13)17-19(15-9-11-16(27-4)12-10-15)24-30-20(17)18-21(25)28-23(2,3)29-22(18)26;1-3-5-4-2/h5-12,17,20,25H,1-4H3;5H,3-4H2,1-2H3. The van der Waals surface area contributed by atoms with Crippen LogP contribution in [0.5, 0.6) is 5.75 Å². The fraction of sp³-hybridized carbons (Fsp3) is 0.407. The molecule has 0 amide bonds. The van der Waals surface area contributed by atoms with Gasteiger partial charge in [-0.1, -0.05) is 35.0 Å². The maximum absolute atomic E-state index is 12.7. The molecular weight excluding hydrogens is 448 g/mol. The van der Waals surface area contributed by atoms with Crippen molar-refractivity contribution in [2.75, 3.05) is 20.2 Å². The van der Waals surface area contributed by atoms with E-state index >= 15 is 0 Å². The van der Waals surface area contributed by atoms with E-state index in [1.54, 1.807) is 7.11 Å². The zero-order chi connectivity index (χ0) is 25.6. The summed E-state index contributed by atoms with van der Waals surface area (Å²) >= 11 is 0. The van der Waals surface area contributed by atoms with Crippen molar-refractivity contribution in [2.45, 2.75) is 52.4 Å². The number of ether oxygens (including phenoxy) is 3. The molecule has 0 radical (unpaired) electrons. The first kappa shape index (κ1) is 26.1. The molecule has 0 saturated carbocycles. The molecule has 2 unspecified atom stereocenters. The third-order valence-corrected chi connectivity index (χ3v) is 5.66. The molecule has 188 valence electrons. The van der Waals surface area contributed by atoms with Gasteiger partial charge in [-0.2, -0.15) is 0 Å². The van der Waals surface area contributed by atoms with E-state index in [0.29, 0.717) is 11.5 Å². The van der Waals surface area contributed by atoms with Crippen molar-refractivity contribution in [3.05, 3.63) is 76.7 Å². The van der Waals surface area contributed by atoms with Crippen molar-refractivity contribution in [3.63, 3.8) is 0 Å². The Morgan fingerprint density at radius 1 is 1.03 bits per heavy atom. The molecule has 0 saturated heterocycles. The second-order valence-electron chi connectivity index (χ2n) is 8.82. The van der Waals surface area contributed by atoms with Crippen LogP contribution in [0, 0.1) is 6.92 Å². The van der Waals surface area contributed by atoms with E-state index in [1.807, 2.05) is 55.5 Å².